The Kier molecular flexibility index (Phi) is 7.85. The SMILES string of the molecule is CCc1cccc(CC)c1N1C(=O)C2C(c3ccc(C(=O)OC)cc3)NC(Cc3ccc([N+](=O)[O-])cc3)(C(=O)O)C2C1=O. The number of aryl methyl sites for hydroxylation is 2. The average molecular weight is 586 g/mol. The quantitative estimate of drug-likeness (QED) is 0.164. The van der Waals surface area contributed by atoms with Crippen molar-refractivity contribution in [2.24, 2.45) is 11.8 Å². The predicted octanol–water partition coefficient (Wildman–Crippen LogP) is 4.02. The van der Waals surface area contributed by atoms with Crippen LogP contribution in [0.4, 0.5) is 11.4 Å². The molecule has 4 atom stereocenters. The maximum atomic E-state index is 14.4. The molecule has 43 heavy (non-hydrogen) atoms. The fourth-order valence-corrected chi connectivity index (χ4v) is 6.45. The van der Waals surface area contributed by atoms with E-state index in [2.05, 4.69) is 5.32 Å². The molecule has 0 radical (unpaired) electrons. The van der Waals surface area contributed by atoms with Crippen LogP contribution in [0.2, 0.25) is 0 Å². The minimum Gasteiger partial charge on any atom is -0.480 e. The highest BCUT2D eigenvalue weighted by Crippen LogP contribution is 2.51. The van der Waals surface area contributed by atoms with E-state index in [1.807, 2.05) is 32.0 Å². The van der Waals surface area contributed by atoms with Crippen LogP contribution in [-0.4, -0.2) is 46.4 Å². The molecular formula is C32H31N3O8. The van der Waals surface area contributed by atoms with Gasteiger partial charge in [0.25, 0.3) is 5.69 Å². The first-order valence-corrected chi connectivity index (χ1v) is 14.0. The van der Waals surface area contributed by atoms with Gasteiger partial charge in [0.05, 0.1) is 35.1 Å². The summed E-state index contributed by atoms with van der Waals surface area (Å²) in [6.07, 6.45) is 0.902. The summed E-state index contributed by atoms with van der Waals surface area (Å²) in [4.78, 5) is 65.8. The predicted molar refractivity (Wildman–Crippen MR) is 155 cm³/mol. The molecule has 2 N–H and O–H groups in total. The standard InChI is InChI=1S/C32H31N3O8/c1-4-19-7-6-8-20(5-2)27(19)34-28(36)24-25(29(34)37)32(31(39)40,17-18-9-15-23(16-10-18)35(41)42)33-26(24)21-11-13-22(14-12-21)30(38)43-3/h6-16,24-26,33H,4-5,17H2,1-3H3,(H,39,40). The van der Waals surface area contributed by atoms with Crippen molar-refractivity contribution in [1.82, 2.24) is 5.32 Å². The van der Waals surface area contributed by atoms with Gasteiger partial charge in [-0.15, -0.1) is 0 Å². The minimum absolute atomic E-state index is 0.157. The number of imide groups is 1. The van der Waals surface area contributed by atoms with Crippen LogP contribution < -0.4 is 10.2 Å². The van der Waals surface area contributed by atoms with Crippen LogP contribution in [0.5, 0.6) is 0 Å². The van der Waals surface area contributed by atoms with Crippen LogP contribution in [0.25, 0.3) is 0 Å². The van der Waals surface area contributed by atoms with Crippen LogP contribution in [0.3, 0.4) is 0 Å². The second-order valence-corrected chi connectivity index (χ2v) is 10.8. The van der Waals surface area contributed by atoms with Crippen LogP contribution >= 0.6 is 0 Å². The molecule has 2 fully saturated rings. The number of benzene rings is 3. The van der Waals surface area contributed by atoms with Crippen molar-refractivity contribution in [2.75, 3.05) is 12.0 Å². The second kappa shape index (κ2) is 11.4. The zero-order valence-electron chi connectivity index (χ0n) is 23.9. The topological polar surface area (TPSA) is 156 Å². The molecule has 4 unspecified atom stereocenters. The largest absolute Gasteiger partial charge is 0.480 e. The van der Waals surface area contributed by atoms with E-state index in [1.54, 1.807) is 12.1 Å². The van der Waals surface area contributed by atoms with Gasteiger partial charge in [-0.25, -0.2) is 9.69 Å². The number of aliphatic carboxylic acids is 1. The van der Waals surface area contributed by atoms with Crippen LogP contribution in [0.15, 0.2) is 66.7 Å². The molecular weight excluding hydrogens is 554 g/mol. The van der Waals surface area contributed by atoms with E-state index >= 15 is 0 Å². The average Bonchev–Trinajstić information content (AvgIpc) is 3.49. The number of hydrogen-bond donors (Lipinski definition) is 2. The Balaban J connectivity index is 1.66. The first-order chi connectivity index (χ1) is 20.6. The van der Waals surface area contributed by atoms with Crippen LogP contribution in [0.1, 0.15) is 52.5 Å². The molecule has 0 aromatic heterocycles. The molecule has 0 saturated carbocycles. The van der Waals surface area contributed by atoms with E-state index < -0.39 is 52.1 Å². The highest BCUT2D eigenvalue weighted by molar-refractivity contribution is 6.25. The van der Waals surface area contributed by atoms with Gasteiger partial charge in [0, 0.05) is 24.6 Å². The number of esters is 1. The van der Waals surface area contributed by atoms with Crippen molar-refractivity contribution in [3.8, 4) is 0 Å². The minimum atomic E-state index is -1.92. The Morgan fingerprint density at radius 3 is 2.09 bits per heavy atom. The van der Waals surface area contributed by atoms with Crippen LogP contribution in [-0.2, 0) is 38.4 Å². The fraction of sp³-hybridized carbons (Fsp3) is 0.312. The first kappa shape index (κ1) is 29.6. The van der Waals surface area contributed by atoms with E-state index in [1.165, 1.54) is 43.5 Å². The number of anilines is 1. The molecule has 2 aliphatic rings. The molecule has 11 heteroatoms. The number of hydrogen-bond acceptors (Lipinski definition) is 8. The highest BCUT2D eigenvalue weighted by atomic mass is 16.6. The van der Waals surface area contributed by atoms with E-state index in [-0.39, 0.29) is 17.7 Å². The molecule has 0 spiro atoms. The Morgan fingerprint density at radius 1 is 0.977 bits per heavy atom. The Hall–Kier alpha value is -4.90. The van der Waals surface area contributed by atoms with Gasteiger partial charge in [-0.2, -0.15) is 0 Å². The van der Waals surface area contributed by atoms with Gasteiger partial charge in [-0.1, -0.05) is 56.3 Å². The van der Waals surface area contributed by atoms with Crippen molar-refractivity contribution in [3.05, 3.63) is 105 Å². The molecule has 2 aliphatic heterocycles. The monoisotopic (exact) mass is 585 g/mol. The molecule has 0 bridgehead atoms. The van der Waals surface area contributed by atoms with Crippen molar-refractivity contribution < 1.29 is 33.9 Å². The molecule has 11 nitrogen and oxygen atoms in total. The van der Waals surface area contributed by atoms with Gasteiger partial charge in [0.15, 0.2) is 0 Å². The number of rotatable bonds is 9. The summed E-state index contributed by atoms with van der Waals surface area (Å²) in [7, 11) is 1.26. The Bertz CT molecular complexity index is 1600. The van der Waals surface area contributed by atoms with Crippen molar-refractivity contribution in [1.29, 1.82) is 0 Å². The molecule has 3 aromatic carbocycles. The number of carboxylic acid groups (broad SMARTS) is 1. The number of amides is 2. The smallest absolute Gasteiger partial charge is 0.337 e. The molecule has 2 heterocycles. The Morgan fingerprint density at radius 2 is 1.58 bits per heavy atom. The van der Waals surface area contributed by atoms with Gasteiger partial charge < -0.3 is 9.84 Å². The van der Waals surface area contributed by atoms with Gasteiger partial charge in [-0.3, -0.25) is 29.8 Å². The van der Waals surface area contributed by atoms with Gasteiger partial charge in [-0.05, 0) is 47.2 Å². The first-order valence-electron chi connectivity index (χ1n) is 14.0. The molecule has 0 aliphatic carbocycles. The number of nitro groups is 1. The molecule has 222 valence electrons. The summed E-state index contributed by atoms with van der Waals surface area (Å²) in [5.41, 5.74) is 1.26. The third-order valence-corrected chi connectivity index (χ3v) is 8.55. The molecule has 3 aromatic rings. The van der Waals surface area contributed by atoms with E-state index in [0.29, 0.717) is 29.7 Å². The number of carbonyl (C=O) groups is 4. The van der Waals surface area contributed by atoms with Crippen molar-refractivity contribution in [3.63, 3.8) is 0 Å². The van der Waals surface area contributed by atoms with Crippen molar-refractivity contribution in [2.45, 2.75) is 44.7 Å². The number of nitrogens with zero attached hydrogens (tertiary/aromatic N) is 2. The fourth-order valence-electron chi connectivity index (χ4n) is 6.45. The van der Waals surface area contributed by atoms with Crippen LogP contribution in [0, 0.1) is 22.0 Å². The molecule has 2 amide bonds. The lowest BCUT2D eigenvalue weighted by Crippen LogP contribution is -2.57. The summed E-state index contributed by atoms with van der Waals surface area (Å²) in [5.74, 6) is -5.35. The van der Waals surface area contributed by atoms with Crippen molar-refractivity contribution >= 4 is 35.1 Å². The maximum absolute atomic E-state index is 14.4. The molecule has 5 rings (SSSR count). The second-order valence-electron chi connectivity index (χ2n) is 10.8. The van der Waals surface area contributed by atoms with E-state index in [4.69, 9.17) is 4.74 Å². The summed E-state index contributed by atoms with van der Waals surface area (Å²) in [6.45, 7) is 3.85. The number of methoxy groups -OCH3 is 1. The Labute approximate surface area is 247 Å². The lowest BCUT2D eigenvalue weighted by Gasteiger charge is -2.32. The number of carboxylic acids is 1. The third-order valence-electron chi connectivity index (χ3n) is 8.55. The van der Waals surface area contributed by atoms with E-state index in [0.717, 1.165) is 16.0 Å². The molecule has 2 saturated heterocycles. The van der Waals surface area contributed by atoms with Gasteiger partial charge in [0.1, 0.15) is 5.54 Å². The maximum Gasteiger partial charge on any atom is 0.337 e. The lowest BCUT2D eigenvalue weighted by atomic mass is 9.76. The number of fused-ring (bicyclic) bond motifs is 1. The summed E-state index contributed by atoms with van der Waals surface area (Å²) in [6, 6.07) is 16.4. The number of nitrogens with one attached hydrogen (secondary N) is 1. The zero-order valence-corrected chi connectivity index (χ0v) is 23.9. The third kappa shape index (κ3) is 4.85. The summed E-state index contributed by atoms with van der Waals surface area (Å²) < 4.78 is 4.78. The highest BCUT2D eigenvalue weighted by Gasteiger charge is 2.68. The van der Waals surface area contributed by atoms with Gasteiger partial charge in [0.2, 0.25) is 11.8 Å². The number of non-ortho nitro benzene ring substituents is 1. The number of para-hydroxylation sites is 1. The zero-order chi connectivity index (χ0) is 31.1. The lowest BCUT2D eigenvalue weighted by molar-refractivity contribution is -0.384. The summed E-state index contributed by atoms with van der Waals surface area (Å²) >= 11 is 0. The van der Waals surface area contributed by atoms with Gasteiger partial charge >= 0.3 is 11.9 Å². The normalized spacial score (nSPS) is 22.9. The number of carbonyl (C=O) groups excluding carboxylic acids is 3. The number of ether oxygens (including phenoxy) is 1. The number of nitro benzene ring substituents is 1. The summed E-state index contributed by atoms with van der Waals surface area (Å²) in [5, 5.41) is 25.1. The van der Waals surface area contributed by atoms with E-state index in [9.17, 15) is 34.4 Å².